The van der Waals surface area contributed by atoms with E-state index in [9.17, 15) is 5.11 Å². The number of aromatic hydroxyl groups is 1. The van der Waals surface area contributed by atoms with Gasteiger partial charge in [0.2, 0.25) is 0 Å². The lowest BCUT2D eigenvalue weighted by molar-refractivity contribution is 0.415. The summed E-state index contributed by atoms with van der Waals surface area (Å²) in [5, 5.41) is 11.1. The van der Waals surface area contributed by atoms with E-state index < -0.39 is 0 Å². The molecule has 4 rings (SSSR count). The Labute approximate surface area is 146 Å². The minimum absolute atomic E-state index is 0.305. The van der Waals surface area contributed by atoms with Crippen molar-refractivity contribution in [1.82, 2.24) is 4.57 Å². The summed E-state index contributed by atoms with van der Waals surface area (Å²) < 4.78 is 7.50. The van der Waals surface area contributed by atoms with Crippen LogP contribution in [0.4, 0.5) is 0 Å². The Hall–Kier alpha value is -3.20. The van der Waals surface area contributed by atoms with Gasteiger partial charge in [0, 0.05) is 17.6 Å². The smallest absolute Gasteiger partial charge is 0.124 e. The van der Waals surface area contributed by atoms with Crippen molar-refractivity contribution >= 4 is 10.9 Å². The summed E-state index contributed by atoms with van der Waals surface area (Å²) in [6.45, 7) is 0.745. The van der Waals surface area contributed by atoms with Crippen LogP contribution < -0.4 is 4.74 Å². The summed E-state index contributed by atoms with van der Waals surface area (Å²) >= 11 is 0. The fourth-order valence-electron chi connectivity index (χ4n) is 3.21. The Bertz CT molecular complexity index is 1000. The van der Waals surface area contributed by atoms with Crippen molar-refractivity contribution < 1.29 is 9.84 Å². The van der Waals surface area contributed by atoms with Gasteiger partial charge in [0.05, 0.1) is 12.6 Å². The number of methoxy groups -OCH3 is 1. The number of hydrogen-bond donors (Lipinski definition) is 1. The van der Waals surface area contributed by atoms with Crippen molar-refractivity contribution in [3.8, 4) is 22.8 Å². The molecule has 0 bridgehead atoms. The van der Waals surface area contributed by atoms with E-state index in [4.69, 9.17) is 4.74 Å². The second-order valence-electron chi connectivity index (χ2n) is 6.04. The molecule has 0 saturated heterocycles. The van der Waals surface area contributed by atoms with Gasteiger partial charge < -0.3 is 14.4 Å². The molecule has 0 radical (unpaired) electrons. The quantitative estimate of drug-likeness (QED) is 0.567. The first-order chi connectivity index (χ1) is 12.3. The Morgan fingerprint density at radius 2 is 1.64 bits per heavy atom. The minimum atomic E-state index is 0.305. The molecule has 0 spiro atoms. The molecule has 0 aliphatic rings. The highest BCUT2D eigenvalue weighted by Crippen LogP contribution is 2.34. The van der Waals surface area contributed by atoms with Gasteiger partial charge in [0.1, 0.15) is 11.5 Å². The molecule has 124 valence electrons. The summed E-state index contributed by atoms with van der Waals surface area (Å²) in [7, 11) is 1.67. The molecule has 1 heterocycles. The van der Waals surface area contributed by atoms with E-state index in [-0.39, 0.29) is 0 Å². The van der Waals surface area contributed by atoms with Gasteiger partial charge in [0.25, 0.3) is 0 Å². The molecular formula is C22H19NO2. The monoisotopic (exact) mass is 329 g/mol. The first kappa shape index (κ1) is 15.3. The van der Waals surface area contributed by atoms with Crippen LogP contribution in [0.1, 0.15) is 5.56 Å². The second-order valence-corrected chi connectivity index (χ2v) is 6.04. The van der Waals surface area contributed by atoms with Crippen LogP contribution in [-0.4, -0.2) is 16.8 Å². The molecule has 3 heteroatoms. The van der Waals surface area contributed by atoms with E-state index >= 15 is 0 Å². The highest BCUT2D eigenvalue weighted by molar-refractivity contribution is 5.91. The lowest BCUT2D eigenvalue weighted by Crippen LogP contribution is -2.01. The molecule has 0 atom stereocenters. The number of rotatable bonds is 4. The molecule has 1 N–H and O–H groups in total. The van der Waals surface area contributed by atoms with Crippen molar-refractivity contribution in [1.29, 1.82) is 0 Å². The van der Waals surface area contributed by atoms with Crippen LogP contribution in [0.15, 0.2) is 78.9 Å². The van der Waals surface area contributed by atoms with Crippen LogP contribution in [-0.2, 0) is 6.54 Å². The third kappa shape index (κ3) is 2.85. The van der Waals surface area contributed by atoms with Crippen LogP contribution >= 0.6 is 0 Å². The number of phenols is 1. The molecule has 0 aliphatic heterocycles. The van der Waals surface area contributed by atoms with Gasteiger partial charge >= 0.3 is 0 Å². The second kappa shape index (κ2) is 6.36. The molecule has 4 aromatic rings. The van der Waals surface area contributed by atoms with Gasteiger partial charge in [-0.05, 0) is 53.6 Å². The average Bonchev–Trinajstić information content (AvgIpc) is 3.03. The van der Waals surface area contributed by atoms with Gasteiger partial charge in [-0.25, -0.2) is 0 Å². The third-order valence-corrected chi connectivity index (χ3v) is 4.49. The number of ether oxygens (including phenoxy) is 1. The largest absolute Gasteiger partial charge is 0.507 e. The molecule has 0 unspecified atom stereocenters. The van der Waals surface area contributed by atoms with E-state index in [0.717, 1.165) is 34.5 Å². The van der Waals surface area contributed by atoms with Crippen LogP contribution in [0.2, 0.25) is 0 Å². The third-order valence-electron chi connectivity index (χ3n) is 4.49. The maximum atomic E-state index is 10.3. The maximum absolute atomic E-state index is 10.3. The Balaban J connectivity index is 1.89. The number of phenolic OH excluding ortho intramolecular Hbond substituents is 1. The Kier molecular flexibility index (Phi) is 3.90. The number of benzene rings is 3. The minimum Gasteiger partial charge on any atom is -0.507 e. The van der Waals surface area contributed by atoms with Crippen LogP contribution in [0, 0.1) is 0 Å². The predicted molar refractivity (Wildman–Crippen MR) is 101 cm³/mol. The fraction of sp³-hybridized carbons (Fsp3) is 0.0909. The van der Waals surface area contributed by atoms with E-state index in [1.165, 1.54) is 5.56 Å². The molecule has 3 aromatic carbocycles. The van der Waals surface area contributed by atoms with Crippen molar-refractivity contribution in [2.45, 2.75) is 6.54 Å². The van der Waals surface area contributed by atoms with Crippen molar-refractivity contribution in [2.24, 2.45) is 0 Å². The first-order valence-electron chi connectivity index (χ1n) is 8.26. The molecule has 0 fully saturated rings. The van der Waals surface area contributed by atoms with Crippen molar-refractivity contribution in [3.05, 3.63) is 84.4 Å². The van der Waals surface area contributed by atoms with E-state index in [0.29, 0.717) is 5.75 Å². The summed E-state index contributed by atoms with van der Waals surface area (Å²) in [6, 6.07) is 26.1. The summed E-state index contributed by atoms with van der Waals surface area (Å²) in [4.78, 5) is 0. The Morgan fingerprint density at radius 1 is 0.880 bits per heavy atom. The van der Waals surface area contributed by atoms with Crippen molar-refractivity contribution in [3.63, 3.8) is 0 Å². The zero-order valence-electron chi connectivity index (χ0n) is 14.0. The number of nitrogens with zero attached hydrogens (tertiary/aromatic N) is 1. The lowest BCUT2D eigenvalue weighted by atomic mass is 10.1. The van der Waals surface area contributed by atoms with Gasteiger partial charge in [0.15, 0.2) is 0 Å². The summed E-state index contributed by atoms with van der Waals surface area (Å²) in [5.74, 6) is 1.14. The number of fused-ring (bicyclic) bond motifs is 1. The number of aromatic nitrogens is 1. The zero-order chi connectivity index (χ0) is 17.2. The lowest BCUT2D eigenvalue weighted by Gasteiger charge is -2.12. The highest BCUT2D eigenvalue weighted by Gasteiger charge is 2.13. The molecule has 25 heavy (non-hydrogen) atoms. The van der Waals surface area contributed by atoms with E-state index in [1.54, 1.807) is 13.2 Å². The first-order valence-corrected chi connectivity index (χ1v) is 8.26. The zero-order valence-corrected chi connectivity index (χ0v) is 14.0. The van der Waals surface area contributed by atoms with Gasteiger partial charge in [-0.3, -0.25) is 0 Å². The predicted octanol–water partition coefficient (Wildman–Crippen LogP) is 5.07. The standard InChI is InChI=1S/C22H19NO2/c1-25-18-12-10-17(11-13-18)21-14-19-20(8-5-9-22(19)24)23(21)15-16-6-3-2-4-7-16/h2-14,24H,15H2,1H3. The van der Waals surface area contributed by atoms with Crippen molar-refractivity contribution in [2.75, 3.05) is 7.11 Å². The molecule has 0 aliphatic carbocycles. The maximum Gasteiger partial charge on any atom is 0.124 e. The topological polar surface area (TPSA) is 34.4 Å². The fourth-order valence-corrected chi connectivity index (χ4v) is 3.21. The molecule has 1 aromatic heterocycles. The summed E-state index contributed by atoms with van der Waals surface area (Å²) in [6.07, 6.45) is 0. The molecular weight excluding hydrogens is 310 g/mol. The van der Waals surface area contributed by atoms with Crippen LogP contribution in [0.3, 0.4) is 0 Å². The van der Waals surface area contributed by atoms with Gasteiger partial charge in [-0.1, -0.05) is 36.4 Å². The summed E-state index contributed by atoms with van der Waals surface area (Å²) in [5.41, 5.74) is 4.41. The van der Waals surface area contributed by atoms with Gasteiger partial charge in [-0.15, -0.1) is 0 Å². The normalized spacial score (nSPS) is 10.9. The van der Waals surface area contributed by atoms with E-state index in [2.05, 4.69) is 22.8 Å². The molecule has 3 nitrogen and oxygen atoms in total. The highest BCUT2D eigenvalue weighted by atomic mass is 16.5. The molecule has 0 amide bonds. The number of hydrogen-bond acceptors (Lipinski definition) is 2. The average molecular weight is 329 g/mol. The Morgan fingerprint density at radius 3 is 2.36 bits per heavy atom. The SMILES string of the molecule is COc1ccc(-c2cc3c(O)cccc3n2Cc2ccccc2)cc1. The van der Waals surface area contributed by atoms with Crippen LogP contribution in [0.5, 0.6) is 11.5 Å². The van der Waals surface area contributed by atoms with Gasteiger partial charge in [-0.2, -0.15) is 0 Å². The molecule has 0 saturated carbocycles. The van der Waals surface area contributed by atoms with Crippen LogP contribution in [0.25, 0.3) is 22.2 Å². The van der Waals surface area contributed by atoms with E-state index in [1.807, 2.05) is 54.6 Å².